The molecule has 6 N–H and O–H groups in total. The van der Waals surface area contributed by atoms with E-state index >= 15 is 0 Å². The third-order valence-corrected chi connectivity index (χ3v) is 7.71. The van der Waals surface area contributed by atoms with E-state index < -0.39 is 11.9 Å². The van der Waals surface area contributed by atoms with Gasteiger partial charge in [0.2, 0.25) is 0 Å². The Labute approximate surface area is 280 Å². The second-order valence-electron chi connectivity index (χ2n) is 12.4. The fraction of sp³-hybridized carbons (Fsp3) is 0.846. The van der Waals surface area contributed by atoms with E-state index in [1.54, 1.807) is 0 Å². The standard InChI is InChI=1S/2C18H34O2.C3H10N2/c2*1-2-3-4-5-6-7-8-9-10-11-12-13-14-15-16-17-18(19)20;4-2-1-3-5/h2*9-10H,2-8,11-17H2,1H3,(H,19,20);1-5H2/b2*10-9-;. The van der Waals surface area contributed by atoms with E-state index in [0.717, 1.165) is 45.2 Å². The van der Waals surface area contributed by atoms with Crippen LogP contribution < -0.4 is 11.5 Å². The van der Waals surface area contributed by atoms with Gasteiger partial charge in [0.15, 0.2) is 0 Å². The first-order valence-electron chi connectivity index (χ1n) is 19.1. The van der Waals surface area contributed by atoms with E-state index in [-0.39, 0.29) is 0 Å². The van der Waals surface area contributed by atoms with Crippen LogP contribution in [0.15, 0.2) is 24.3 Å². The number of hydrogen-bond donors (Lipinski definition) is 4. The molecule has 0 aliphatic rings. The quantitative estimate of drug-likeness (QED) is 0.0429. The summed E-state index contributed by atoms with van der Waals surface area (Å²) >= 11 is 0. The maximum atomic E-state index is 10.3. The van der Waals surface area contributed by atoms with Crippen LogP contribution in [0.5, 0.6) is 0 Å². The molecule has 0 aromatic rings. The molecular weight excluding hydrogens is 560 g/mol. The molecule has 0 unspecified atom stereocenters. The third-order valence-electron chi connectivity index (χ3n) is 7.71. The van der Waals surface area contributed by atoms with Gasteiger partial charge in [0.1, 0.15) is 0 Å². The minimum Gasteiger partial charge on any atom is -0.481 e. The van der Waals surface area contributed by atoms with Gasteiger partial charge in [0.25, 0.3) is 0 Å². The Bertz CT molecular complexity index is 570. The van der Waals surface area contributed by atoms with Crippen molar-refractivity contribution in [2.75, 3.05) is 13.1 Å². The molecule has 0 saturated carbocycles. The molecule has 6 nitrogen and oxygen atoms in total. The van der Waals surface area contributed by atoms with E-state index in [1.165, 1.54) is 141 Å². The average molecular weight is 639 g/mol. The zero-order chi connectivity index (χ0) is 33.9. The van der Waals surface area contributed by atoms with Crippen molar-refractivity contribution in [1.29, 1.82) is 0 Å². The highest BCUT2D eigenvalue weighted by Gasteiger charge is 1.97. The lowest BCUT2D eigenvalue weighted by atomic mass is 10.1. The lowest BCUT2D eigenvalue weighted by Gasteiger charge is -1.99. The van der Waals surface area contributed by atoms with Crippen LogP contribution in [0.4, 0.5) is 0 Å². The van der Waals surface area contributed by atoms with Gasteiger partial charge in [-0.2, -0.15) is 0 Å². The monoisotopic (exact) mass is 639 g/mol. The third kappa shape index (κ3) is 58.4. The van der Waals surface area contributed by atoms with Crippen LogP contribution in [0, 0.1) is 0 Å². The summed E-state index contributed by atoms with van der Waals surface area (Å²) in [6, 6.07) is 0. The zero-order valence-electron chi connectivity index (χ0n) is 30.1. The number of aliphatic carboxylic acids is 2. The fourth-order valence-electron chi connectivity index (χ4n) is 4.81. The van der Waals surface area contributed by atoms with Crippen molar-refractivity contribution in [3.8, 4) is 0 Å². The highest BCUT2D eigenvalue weighted by Crippen LogP contribution is 2.11. The molecule has 0 aliphatic carbocycles. The number of allylic oxidation sites excluding steroid dienone is 4. The number of nitrogens with two attached hydrogens (primary N) is 2. The van der Waals surface area contributed by atoms with Crippen LogP contribution in [-0.4, -0.2) is 35.2 Å². The number of carboxylic acids is 2. The minimum absolute atomic E-state index is 0.332. The molecule has 0 fully saturated rings. The van der Waals surface area contributed by atoms with E-state index in [1.807, 2.05) is 0 Å². The Hall–Kier alpha value is -1.66. The Morgan fingerprint density at radius 1 is 0.400 bits per heavy atom. The highest BCUT2D eigenvalue weighted by molar-refractivity contribution is 5.66. The summed E-state index contributed by atoms with van der Waals surface area (Å²) in [4.78, 5) is 20.6. The second kappa shape index (κ2) is 46.8. The van der Waals surface area contributed by atoms with Crippen molar-refractivity contribution in [3.05, 3.63) is 24.3 Å². The van der Waals surface area contributed by atoms with E-state index in [0.29, 0.717) is 12.8 Å². The van der Waals surface area contributed by atoms with Crippen molar-refractivity contribution in [2.24, 2.45) is 11.5 Å². The predicted octanol–water partition coefficient (Wildman–Crippen LogP) is 11.5. The van der Waals surface area contributed by atoms with Crippen molar-refractivity contribution >= 4 is 11.9 Å². The smallest absolute Gasteiger partial charge is 0.303 e. The van der Waals surface area contributed by atoms with Gasteiger partial charge in [-0.15, -0.1) is 0 Å². The molecule has 6 heteroatoms. The largest absolute Gasteiger partial charge is 0.481 e. The molecule has 0 spiro atoms. The van der Waals surface area contributed by atoms with Crippen LogP contribution in [0.25, 0.3) is 0 Å². The molecule has 0 bridgehead atoms. The van der Waals surface area contributed by atoms with E-state index in [9.17, 15) is 9.59 Å². The minimum atomic E-state index is -0.664. The lowest BCUT2D eigenvalue weighted by molar-refractivity contribution is -0.138. The summed E-state index contributed by atoms with van der Waals surface area (Å²) in [5, 5.41) is 17.0. The van der Waals surface area contributed by atoms with Crippen LogP contribution in [0.2, 0.25) is 0 Å². The van der Waals surface area contributed by atoms with Gasteiger partial charge >= 0.3 is 11.9 Å². The molecule has 0 aromatic carbocycles. The number of carboxylic acid groups (broad SMARTS) is 2. The summed E-state index contributed by atoms with van der Waals surface area (Å²) in [5.74, 6) is -1.33. The van der Waals surface area contributed by atoms with Gasteiger partial charge in [0, 0.05) is 12.8 Å². The molecule has 268 valence electrons. The first kappa shape index (κ1) is 47.7. The molecule has 0 rings (SSSR count). The molecule has 0 aromatic heterocycles. The summed E-state index contributed by atoms with van der Waals surface area (Å²) < 4.78 is 0. The highest BCUT2D eigenvalue weighted by atomic mass is 16.4. The Morgan fingerprint density at radius 3 is 0.867 bits per heavy atom. The van der Waals surface area contributed by atoms with Crippen LogP contribution >= 0.6 is 0 Å². The number of unbranched alkanes of at least 4 members (excludes halogenated alkanes) is 22. The van der Waals surface area contributed by atoms with Crippen molar-refractivity contribution < 1.29 is 19.8 Å². The van der Waals surface area contributed by atoms with Gasteiger partial charge in [0.05, 0.1) is 0 Å². The maximum Gasteiger partial charge on any atom is 0.303 e. The van der Waals surface area contributed by atoms with Gasteiger partial charge < -0.3 is 21.7 Å². The number of carbonyl (C=O) groups is 2. The normalized spacial score (nSPS) is 10.9. The number of hydrogen-bond acceptors (Lipinski definition) is 4. The molecule has 0 radical (unpaired) electrons. The molecule has 0 aliphatic heterocycles. The average Bonchev–Trinajstić information content (AvgIpc) is 3.02. The van der Waals surface area contributed by atoms with Crippen molar-refractivity contribution in [1.82, 2.24) is 0 Å². The lowest BCUT2D eigenvalue weighted by Crippen LogP contribution is -2.06. The predicted molar refractivity (Wildman–Crippen MR) is 197 cm³/mol. The molecular formula is C39H78N2O4. The Kier molecular flexibility index (Phi) is 49.6. The molecule has 0 amide bonds. The first-order chi connectivity index (χ1) is 22.0. The van der Waals surface area contributed by atoms with Crippen LogP contribution in [0.1, 0.15) is 200 Å². The topological polar surface area (TPSA) is 127 Å². The summed E-state index contributed by atoms with van der Waals surface area (Å²) in [6.45, 7) is 5.96. The molecule has 0 saturated heterocycles. The van der Waals surface area contributed by atoms with Gasteiger partial charge in [-0.1, -0.05) is 141 Å². The van der Waals surface area contributed by atoms with Crippen LogP contribution in [-0.2, 0) is 9.59 Å². The van der Waals surface area contributed by atoms with Crippen LogP contribution in [0.3, 0.4) is 0 Å². The Balaban J connectivity index is -0.000000680. The summed E-state index contributed by atoms with van der Waals surface area (Å²) in [5.41, 5.74) is 10.1. The van der Waals surface area contributed by atoms with E-state index in [2.05, 4.69) is 38.2 Å². The van der Waals surface area contributed by atoms with Gasteiger partial charge in [-0.05, 0) is 83.7 Å². The van der Waals surface area contributed by atoms with Crippen molar-refractivity contribution in [3.63, 3.8) is 0 Å². The number of rotatable bonds is 32. The Morgan fingerprint density at radius 2 is 0.644 bits per heavy atom. The maximum absolute atomic E-state index is 10.3. The molecule has 0 atom stereocenters. The van der Waals surface area contributed by atoms with Gasteiger partial charge in [-0.25, -0.2) is 0 Å². The molecule has 45 heavy (non-hydrogen) atoms. The fourth-order valence-corrected chi connectivity index (χ4v) is 4.81. The second-order valence-corrected chi connectivity index (χ2v) is 12.4. The molecule has 0 heterocycles. The SMILES string of the molecule is CCCCCCCC/C=C\CCCCCCCC(=O)O.CCCCCCCC/C=C\CCCCCCCC(=O)O.NCCCN. The first-order valence-corrected chi connectivity index (χ1v) is 19.1. The summed E-state index contributed by atoms with van der Waals surface area (Å²) in [7, 11) is 0. The van der Waals surface area contributed by atoms with E-state index in [4.69, 9.17) is 21.7 Å². The van der Waals surface area contributed by atoms with Crippen molar-refractivity contribution in [2.45, 2.75) is 200 Å². The van der Waals surface area contributed by atoms with Gasteiger partial charge in [-0.3, -0.25) is 9.59 Å². The summed E-state index contributed by atoms with van der Waals surface area (Å²) in [6.07, 6.45) is 43.4. The zero-order valence-corrected chi connectivity index (χ0v) is 30.1.